The lowest BCUT2D eigenvalue weighted by molar-refractivity contribution is 0.102. The lowest BCUT2D eigenvalue weighted by atomic mass is 10.1. The van der Waals surface area contributed by atoms with Crippen LogP contribution in [0, 0.1) is 5.82 Å². The number of carbonyl (C=O) groups is 1. The van der Waals surface area contributed by atoms with Gasteiger partial charge in [-0.1, -0.05) is 48.2 Å². The second kappa shape index (κ2) is 9.82. The van der Waals surface area contributed by atoms with Crippen molar-refractivity contribution in [3.8, 4) is 0 Å². The van der Waals surface area contributed by atoms with Gasteiger partial charge in [0.2, 0.25) is 0 Å². The first-order chi connectivity index (χ1) is 14.7. The Labute approximate surface area is 182 Å². The predicted molar refractivity (Wildman–Crippen MR) is 119 cm³/mol. The van der Waals surface area contributed by atoms with Gasteiger partial charge in [-0.3, -0.25) is 4.79 Å². The molecular formula is C23H20FN3OS2. The number of rotatable bonds is 9. The first-order valence-corrected chi connectivity index (χ1v) is 11.5. The molecule has 0 aliphatic rings. The minimum absolute atomic E-state index is 0.0579. The quantitative estimate of drug-likeness (QED) is 0.264. The molecule has 0 bridgehead atoms. The smallest absolute Gasteiger partial charge is 0.191 e. The Bertz CT molecular complexity index is 1090. The second-order valence-electron chi connectivity index (χ2n) is 6.76. The lowest BCUT2D eigenvalue weighted by Gasteiger charge is -2.10. The van der Waals surface area contributed by atoms with Gasteiger partial charge in [0.25, 0.3) is 0 Å². The van der Waals surface area contributed by atoms with E-state index in [1.807, 2.05) is 24.3 Å². The van der Waals surface area contributed by atoms with Crippen LogP contribution in [0.25, 0.3) is 0 Å². The summed E-state index contributed by atoms with van der Waals surface area (Å²) in [6, 6.07) is 20.0. The van der Waals surface area contributed by atoms with E-state index in [0.717, 1.165) is 23.9 Å². The van der Waals surface area contributed by atoms with E-state index in [4.69, 9.17) is 0 Å². The monoisotopic (exact) mass is 437 g/mol. The average molecular weight is 438 g/mol. The van der Waals surface area contributed by atoms with Gasteiger partial charge in [-0.05, 0) is 47.7 Å². The van der Waals surface area contributed by atoms with E-state index in [1.165, 1.54) is 46.5 Å². The summed E-state index contributed by atoms with van der Waals surface area (Å²) in [5.41, 5.74) is 1.74. The van der Waals surface area contributed by atoms with Gasteiger partial charge in [0, 0.05) is 23.4 Å². The standard InChI is InChI=1S/C23H20FN3OS2/c24-19-10-8-18(9-11-19)21(28)16-30-23-26-25-22(15-20-7-4-14-29-20)27(23)13-12-17-5-2-1-3-6-17/h1-11,14H,12-13,15-16H2. The number of nitrogens with zero attached hydrogens (tertiary/aromatic N) is 3. The Kier molecular flexibility index (Phi) is 6.71. The lowest BCUT2D eigenvalue weighted by Crippen LogP contribution is -2.09. The van der Waals surface area contributed by atoms with Crippen LogP contribution in [-0.2, 0) is 19.4 Å². The third-order valence-electron chi connectivity index (χ3n) is 4.67. The van der Waals surface area contributed by atoms with Crippen molar-refractivity contribution in [3.63, 3.8) is 0 Å². The molecule has 2 aromatic heterocycles. The van der Waals surface area contributed by atoms with Crippen LogP contribution < -0.4 is 0 Å². The molecule has 0 saturated carbocycles. The summed E-state index contributed by atoms with van der Waals surface area (Å²) >= 11 is 3.07. The van der Waals surface area contributed by atoms with Crippen molar-refractivity contribution in [2.24, 2.45) is 0 Å². The van der Waals surface area contributed by atoms with Gasteiger partial charge in [-0.25, -0.2) is 4.39 Å². The van der Waals surface area contributed by atoms with Crippen LogP contribution in [0.2, 0.25) is 0 Å². The molecule has 0 spiro atoms. The molecule has 30 heavy (non-hydrogen) atoms. The maximum atomic E-state index is 13.1. The maximum absolute atomic E-state index is 13.1. The average Bonchev–Trinajstić information content (AvgIpc) is 3.42. The van der Waals surface area contributed by atoms with Crippen molar-refractivity contribution in [3.05, 3.63) is 99.8 Å². The van der Waals surface area contributed by atoms with Crippen molar-refractivity contribution < 1.29 is 9.18 Å². The van der Waals surface area contributed by atoms with Crippen LogP contribution in [0.15, 0.2) is 77.3 Å². The van der Waals surface area contributed by atoms with Crippen molar-refractivity contribution >= 4 is 28.9 Å². The Morgan fingerprint density at radius 2 is 1.80 bits per heavy atom. The number of benzene rings is 2. The maximum Gasteiger partial charge on any atom is 0.191 e. The molecule has 152 valence electrons. The van der Waals surface area contributed by atoms with E-state index < -0.39 is 0 Å². The fourth-order valence-electron chi connectivity index (χ4n) is 3.08. The molecule has 7 heteroatoms. The molecule has 0 unspecified atom stereocenters. The highest BCUT2D eigenvalue weighted by Crippen LogP contribution is 2.22. The zero-order chi connectivity index (χ0) is 20.8. The Balaban J connectivity index is 1.49. The van der Waals surface area contributed by atoms with Crippen molar-refractivity contribution in [2.75, 3.05) is 5.75 Å². The fourth-order valence-corrected chi connectivity index (χ4v) is 4.66. The Morgan fingerprint density at radius 1 is 1.00 bits per heavy atom. The number of thiophene rings is 1. The molecule has 4 nitrogen and oxygen atoms in total. The summed E-state index contributed by atoms with van der Waals surface area (Å²) in [7, 11) is 0. The van der Waals surface area contributed by atoms with Crippen LogP contribution in [-0.4, -0.2) is 26.3 Å². The number of aryl methyl sites for hydroxylation is 1. The van der Waals surface area contributed by atoms with Gasteiger partial charge in [0.1, 0.15) is 11.6 Å². The summed E-state index contributed by atoms with van der Waals surface area (Å²) in [4.78, 5) is 13.7. The SMILES string of the molecule is O=C(CSc1nnc(Cc2cccs2)n1CCc1ccccc1)c1ccc(F)cc1. The summed E-state index contributed by atoms with van der Waals surface area (Å²) in [6.07, 6.45) is 1.57. The largest absolute Gasteiger partial charge is 0.305 e. The minimum atomic E-state index is -0.349. The summed E-state index contributed by atoms with van der Waals surface area (Å²) in [5, 5.41) is 11.5. The van der Waals surface area contributed by atoms with E-state index in [9.17, 15) is 9.18 Å². The number of halogens is 1. The fraction of sp³-hybridized carbons (Fsp3) is 0.174. The molecule has 0 saturated heterocycles. The Hall–Kier alpha value is -2.77. The predicted octanol–water partition coefficient (Wildman–Crippen LogP) is 5.29. The van der Waals surface area contributed by atoms with Gasteiger partial charge >= 0.3 is 0 Å². The van der Waals surface area contributed by atoms with Crippen molar-refractivity contribution in [1.82, 2.24) is 14.8 Å². The van der Waals surface area contributed by atoms with Gasteiger partial charge in [-0.2, -0.15) is 0 Å². The number of thioether (sulfide) groups is 1. The molecule has 0 amide bonds. The van der Waals surface area contributed by atoms with E-state index in [1.54, 1.807) is 11.3 Å². The molecule has 0 radical (unpaired) electrons. The van der Waals surface area contributed by atoms with Crippen LogP contribution in [0.4, 0.5) is 4.39 Å². The van der Waals surface area contributed by atoms with Crippen LogP contribution >= 0.6 is 23.1 Å². The van der Waals surface area contributed by atoms with Crippen LogP contribution in [0.5, 0.6) is 0 Å². The van der Waals surface area contributed by atoms with E-state index >= 15 is 0 Å². The van der Waals surface area contributed by atoms with Gasteiger partial charge in [-0.15, -0.1) is 21.5 Å². The molecule has 4 rings (SSSR count). The molecule has 0 fully saturated rings. The van der Waals surface area contributed by atoms with E-state index in [-0.39, 0.29) is 17.4 Å². The van der Waals surface area contributed by atoms with Crippen molar-refractivity contribution in [1.29, 1.82) is 0 Å². The van der Waals surface area contributed by atoms with Gasteiger partial charge in [0.15, 0.2) is 10.9 Å². The molecule has 0 atom stereocenters. The van der Waals surface area contributed by atoms with E-state index in [2.05, 4.69) is 38.3 Å². The number of ketones is 1. The van der Waals surface area contributed by atoms with Crippen molar-refractivity contribution in [2.45, 2.75) is 24.5 Å². The van der Waals surface area contributed by atoms with Crippen LogP contribution in [0.1, 0.15) is 26.6 Å². The van der Waals surface area contributed by atoms with Gasteiger partial charge < -0.3 is 4.57 Å². The summed E-state index contributed by atoms with van der Waals surface area (Å²) in [5.74, 6) is 0.717. The zero-order valence-electron chi connectivity index (χ0n) is 16.2. The highest BCUT2D eigenvalue weighted by molar-refractivity contribution is 7.99. The normalized spacial score (nSPS) is 11.0. The van der Waals surface area contributed by atoms with E-state index in [0.29, 0.717) is 12.0 Å². The number of Topliss-reactive ketones (excluding diaryl/α,β-unsaturated/α-hetero) is 1. The first kappa shape index (κ1) is 20.5. The number of hydrogen-bond donors (Lipinski definition) is 0. The molecule has 0 N–H and O–H groups in total. The molecular weight excluding hydrogens is 417 g/mol. The zero-order valence-corrected chi connectivity index (χ0v) is 17.8. The van der Waals surface area contributed by atoms with Gasteiger partial charge in [0.05, 0.1) is 5.75 Å². The highest BCUT2D eigenvalue weighted by Gasteiger charge is 2.16. The summed E-state index contributed by atoms with van der Waals surface area (Å²) in [6.45, 7) is 0.741. The molecule has 4 aromatic rings. The molecule has 2 aromatic carbocycles. The Morgan fingerprint density at radius 3 is 2.53 bits per heavy atom. The highest BCUT2D eigenvalue weighted by atomic mass is 32.2. The third-order valence-corrected chi connectivity index (χ3v) is 6.51. The minimum Gasteiger partial charge on any atom is -0.305 e. The number of aromatic nitrogens is 3. The molecule has 0 aliphatic heterocycles. The number of carbonyl (C=O) groups excluding carboxylic acids is 1. The summed E-state index contributed by atoms with van der Waals surface area (Å²) < 4.78 is 15.2. The first-order valence-electron chi connectivity index (χ1n) is 9.59. The molecule has 2 heterocycles. The third kappa shape index (κ3) is 5.23. The van der Waals surface area contributed by atoms with Crippen LogP contribution in [0.3, 0.4) is 0 Å². The number of hydrogen-bond acceptors (Lipinski definition) is 5. The topological polar surface area (TPSA) is 47.8 Å². The second-order valence-corrected chi connectivity index (χ2v) is 8.74. The molecule has 0 aliphatic carbocycles.